The summed E-state index contributed by atoms with van der Waals surface area (Å²) in [5.74, 6) is -0.906. The number of ketones is 1. The lowest BCUT2D eigenvalue weighted by Crippen LogP contribution is -2.29. The van der Waals surface area contributed by atoms with Crippen LogP contribution in [0.3, 0.4) is 0 Å². The zero-order valence-corrected chi connectivity index (χ0v) is 18.5. The molecule has 0 aliphatic carbocycles. The van der Waals surface area contributed by atoms with E-state index in [1.807, 2.05) is 69.3 Å². The molecule has 1 amide bonds. The van der Waals surface area contributed by atoms with Gasteiger partial charge < -0.3 is 9.84 Å². The first kappa shape index (κ1) is 21.4. The SMILES string of the molecule is COc1ccc(/C(O)=C2/C(=O)C(=O)N(c3ccc(C)cc3)C2c2cccc(C)c2)c(C)c1. The Morgan fingerprint density at radius 2 is 1.62 bits per heavy atom. The zero-order valence-electron chi connectivity index (χ0n) is 18.5. The van der Waals surface area contributed by atoms with Crippen LogP contribution in [0.4, 0.5) is 5.69 Å². The summed E-state index contributed by atoms with van der Waals surface area (Å²) in [6, 6.07) is 19.6. The number of methoxy groups -OCH3 is 1. The minimum Gasteiger partial charge on any atom is -0.507 e. The van der Waals surface area contributed by atoms with Gasteiger partial charge in [-0.3, -0.25) is 14.5 Å². The standard InChI is InChI=1S/C27H25NO4/c1-16-8-10-20(11-9-16)28-24(19-7-5-6-17(2)14-19)23(26(30)27(28)31)25(29)22-13-12-21(32-4)15-18(22)3/h5-15,24,29H,1-4H3/b25-23-. The summed E-state index contributed by atoms with van der Waals surface area (Å²) in [5.41, 5.74) is 4.72. The van der Waals surface area contributed by atoms with Crippen LogP contribution in [0.15, 0.2) is 72.3 Å². The van der Waals surface area contributed by atoms with Crippen molar-refractivity contribution in [2.24, 2.45) is 0 Å². The molecule has 0 saturated carbocycles. The fraction of sp³-hybridized carbons (Fsp3) is 0.185. The van der Waals surface area contributed by atoms with Crippen LogP contribution in [0.2, 0.25) is 0 Å². The molecule has 3 aromatic rings. The first-order valence-corrected chi connectivity index (χ1v) is 10.4. The number of amides is 1. The second-order valence-corrected chi connectivity index (χ2v) is 8.10. The third kappa shape index (κ3) is 3.66. The normalized spacial score (nSPS) is 17.6. The Bertz CT molecular complexity index is 1240. The van der Waals surface area contributed by atoms with E-state index < -0.39 is 17.7 Å². The van der Waals surface area contributed by atoms with Crippen molar-refractivity contribution in [2.75, 3.05) is 12.0 Å². The lowest BCUT2D eigenvalue weighted by molar-refractivity contribution is -0.132. The van der Waals surface area contributed by atoms with E-state index in [0.29, 0.717) is 17.0 Å². The average Bonchev–Trinajstić information content (AvgIpc) is 3.04. The van der Waals surface area contributed by atoms with Gasteiger partial charge in [-0.15, -0.1) is 0 Å². The third-order valence-corrected chi connectivity index (χ3v) is 5.80. The van der Waals surface area contributed by atoms with Crippen molar-refractivity contribution >= 4 is 23.1 Å². The van der Waals surface area contributed by atoms with Gasteiger partial charge in [0.15, 0.2) is 0 Å². The van der Waals surface area contributed by atoms with Crippen LogP contribution in [0.5, 0.6) is 5.75 Å². The Morgan fingerprint density at radius 1 is 0.906 bits per heavy atom. The Hall–Kier alpha value is -3.86. The number of aliphatic hydroxyl groups is 1. The number of carbonyl (C=O) groups is 2. The number of benzene rings is 3. The monoisotopic (exact) mass is 427 g/mol. The van der Waals surface area contributed by atoms with Crippen LogP contribution in [-0.4, -0.2) is 23.9 Å². The molecule has 1 saturated heterocycles. The molecule has 32 heavy (non-hydrogen) atoms. The van der Waals surface area contributed by atoms with Crippen molar-refractivity contribution < 1.29 is 19.4 Å². The number of anilines is 1. The van der Waals surface area contributed by atoms with Gasteiger partial charge in [0.2, 0.25) is 0 Å². The van der Waals surface area contributed by atoms with Gasteiger partial charge >= 0.3 is 0 Å². The van der Waals surface area contributed by atoms with Gasteiger partial charge in [0.05, 0.1) is 18.7 Å². The second-order valence-electron chi connectivity index (χ2n) is 8.10. The molecule has 1 heterocycles. The number of Topliss-reactive ketones (excluding diaryl/α,β-unsaturated/α-hetero) is 1. The lowest BCUT2D eigenvalue weighted by atomic mass is 9.93. The first-order chi connectivity index (χ1) is 15.3. The van der Waals surface area contributed by atoms with E-state index in [4.69, 9.17) is 4.74 Å². The molecule has 1 aliphatic heterocycles. The van der Waals surface area contributed by atoms with E-state index in [1.54, 1.807) is 25.3 Å². The van der Waals surface area contributed by atoms with E-state index in [0.717, 1.165) is 22.3 Å². The van der Waals surface area contributed by atoms with Gasteiger partial charge in [0.1, 0.15) is 11.5 Å². The highest BCUT2D eigenvalue weighted by molar-refractivity contribution is 6.51. The summed E-state index contributed by atoms with van der Waals surface area (Å²) < 4.78 is 5.25. The molecule has 5 heteroatoms. The van der Waals surface area contributed by atoms with Crippen molar-refractivity contribution in [2.45, 2.75) is 26.8 Å². The number of nitrogens with zero attached hydrogens (tertiary/aromatic N) is 1. The second kappa shape index (κ2) is 8.35. The average molecular weight is 428 g/mol. The van der Waals surface area contributed by atoms with Crippen molar-refractivity contribution in [1.82, 2.24) is 0 Å². The maximum atomic E-state index is 13.2. The molecule has 1 aliphatic rings. The maximum absolute atomic E-state index is 13.2. The van der Waals surface area contributed by atoms with Crippen LogP contribution >= 0.6 is 0 Å². The molecule has 1 fully saturated rings. The Labute approximate surface area is 187 Å². The number of carbonyl (C=O) groups excluding carboxylic acids is 2. The van der Waals surface area contributed by atoms with Gasteiger partial charge in [-0.25, -0.2) is 0 Å². The van der Waals surface area contributed by atoms with Gasteiger partial charge in [-0.1, -0.05) is 47.5 Å². The lowest BCUT2D eigenvalue weighted by Gasteiger charge is -2.26. The van der Waals surface area contributed by atoms with Gasteiger partial charge in [-0.2, -0.15) is 0 Å². The number of rotatable bonds is 4. The van der Waals surface area contributed by atoms with Crippen molar-refractivity contribution in [1.29, 1.82) is 0 Å². The fourth-order valence-corrected chi connectivity index (χ4v) is 4.13. The smallest absolute Gasteiger partial charge is 0.300 e. The number of aliphatic hydroxyl groups excluding tert-OH is 1. The van der Waals surface area contributed by atoms with Crippen molar-refractivity contribution in [3.05, 3.63) is 100 Å². The summed E-state index contributed by atoms with van der Waals surface area (Å²) in [4.78, 5) is 27.9. The molecule has 4 rings (SSSR count). The molecular weight excluding hydrogens is 402 g/mol. The predicted molar refractivity (Wildman–Crippen MR) is 125 cm³/mol. The van der Waals surface area contributed by atoms with E-state index >= 15 is 0 Å². The highest BCUT2D eigenvalue weighted by atomic mass is 16.5. The molecule has 1 unspecified atom stereocenters. The molecule has 0 bridgehead atoms. The quantitative estimate of drug-likeness (QED) is 0.351. The highest BCUT2D eigenvalue weighted by Gasteiger charge is 2.47. The van der Waals surface area contributed by atoms with Crippen LogP contribution < -0.4 is 9.64 Å². The summed E-state index contributed by atoms with van der Waals surface area (Å²) >= 11 is 0. The molecule has 0 aromatic heterocycles. The fourth-order valence-electron chi connectivity index (χ4n) is 4.13. The molecular formula is C27H25NO4. The molecule has 1 atom stereocenters. The van der Waals surface area contributed by atoms with E-state index in [9.17, 15) is 14.7 Å². The minimum absolute atomic E-state index is 0.0782. The molecule has 0 radical (unpaired) electrons. The minimum atomic E-state index is -0.737. The summed E-state index contributed by atoms with van der Waals surface area (Å²) in [5, 5.41) is 11.3. The molecule has 3 aromatic carbocycles. The Balaban J connectivity index is 1.95. The topological polar surface area (TPSA) is 66.8 Å². The van der Waals surface area contributed by atoms with E-state index in [-0.39, 0.29) is 11.3 Å². The Morgan fingerprint density at radius 3 is 2.25 bits per heavy atom. The number of hydrogen-bond acceptors (Lipinski definition) is 4. The third-order valence-electron chi connectivity index (χ3n) is 5.80. The highest BCUT2D eigenvalue weighted by Crippen LogP contribution is 2.42. The van der Waals surface area contributed by atoms with Crippen LogP contribution in [0.25, 0.3) is 5.76 Å². The molecule has 5 nitrogen and oxygen atoms in total. The summed E-state index contributed by atoms with van der Waals surface area (Å²) in [6.07, 6.45) is 0. The van der Waals surface area contributed by atoms with Crippen LogP contribution in [-0.2, 0) is 9.59 Å². The van der Waals surface area contributed by atoms with E-state index in [1.165, 1.54) is 4.90 Å². The van der Waals surface area contributed by atoms with Gasteiger partial charge in [0, 0.05) is 11.3 Å². The van der Waals surface area contributed by atoms with Crippen molar-refractivity contribution in [3.8, 4) is 5.75 Å². The zero-order chi connectivity index (χ0) is 23.0. The summed E-state index contributed by atoms with van der Waals surface area (Å²) in [7, 11) is 1.57. The van der Waals surface area contributed by atoms with Gasteiger partial charge in [-0.05, 0) is 62.2 Å². The predicted octanol–water partition coefficient (Wildman–Crippen LogP) is 5.25. The largest absolute Gasteiger partial charge is 0.507 e. The first-order valence-electron chi connectivity index (χ1n) is 10.4. The number of aryl methyl sites for hydroxylation is 3. The van der Waals surface area contributed by atoms with E-state index in [2.05, 4.69) is 0 Å². The maximum Gasteiger partial charge on any atom is 0.300 e. The van der Waals surface area contributed by atoms with Crippen LogP contribution in [0.1, 0.15) is 33.9 Å². The van der Waals surface area contributed by atoms with Gasteiger partial charge in [0.25, 0.3) is 11.7 Å². The molecule has 1 N–H and O–H groups in total. The number of ether oxygens (including phenoxy) is 1. The number of hydrogen-bond donors (Lipinski definition) is 1. The van der Waals surface area contributed by atoms with Crippen LogP contribution in [0, 0.1) is 20.8 Å². The Kier molecular flexibility index (Phi) is 5.57. The van der Waals surface area contributed by atoms with Crippen molar-refractivity contribution in [3.63, 3.8) is 0 Å². The summed E-state index contributed by atoms with van der Waals surface area (Å²) in [6.45, 7) is 5.74. The molecule has 0 spiro atoms. The molecule has 162 valence electrons.